The Labute approximate surface area is 111 Å². The van der Waals surface area contributed by atoms with Gasteiger partial charge in [-0.1, -0.05) is 22.4 Å². The Morgan fingerprint density at radius 3 is 2.71 bits per heavy atom. The van der Waals surface area contributed by atoms with E-state index in [0.717, 1.165) is 35.6 Å². The lowest BCUT2D eigenvalue weighted by molar-refractivity contribution is 0.178. The minimum Gasteiger partial charge on any atom is -0.493 e. The molecule has 1 aromatic rings. The molecule has 0 bridgehead atoms. The van der Waals surface area contributed by atoms with Gasteiger partial charge in [0.2, 0.25) is 0 Å². The monoisotopic (exact) mass is 295 g/mol. The Bertz CT molecular complexity index is 424. The van der Waals surface area contributed by atoms with Crippen molar-refractivity contribution in [2.24, 2.45) is 11.7 Å². The molecule has 0 aliphatic heterocycles. The van der Waals surface area contributed by atoms with Crippen molar-refractivity contribution in [1.29, 1.82) is 0 Å². The minimum absolute atomic E-state index is 0.126. The van der Waals surface area contributed by atoms with Gasteiger partial charge in [0.25, 0.3) is 0 Å². The number of hydrogen-bond donors (Lipinski definition) is 1. The number of nitrogens with two attached hydrogens (primary N) is 1. The van der Waals surface area contributed by atoms with Gasteiger partial charge in [-0.3, -0.25) is 0 Å². The van der Waals surface area contributed by atoms with Gasteiger partial charge in [-0.05, 0) is 49.8 Å². The second-order valence-electron chi connectivity index (χ2n) is 5.40. The zero-order valence-corrected chi connectivity index (χ0v) is 11.5. The van der Waals surface area contributed by atoms with Crippen molar-refractivity contribution >= 4 is 15.9 Å². The maximum Gasteiger partial charge on any atom is 0.124 e. The van der Waals surface area contributed by atoms with Crippen molar-refractivity contribution in [3.8, 4) is 5.75 Å². The fourth-order valence-electron chi connectivity index (χ4n) is 2.29. The molecule has 2 aliphatic carbocycles. The van der Waals surface area contributed by atoms with E-state index in [-0.39, 0.29) is 5.54 Å². The molecule has 1 aromatic carbocycles. The van der Waals surface area contributed by atoms with Crippen LogP contribution >= 0.6 is 15.9 Å². The molecule has 2 saturated carbocycles. The smallest absolute Gasteiger partial charge is 0.124 e. The zero-order chi connectivity index (χ0) is 11.9. The van der Waals surface area contributed by atoms with Gasteiger partial charge in [0, 0.05) is 15.6 Å². The Balaban J connectivity index is 1.77. The second kappa shape index (κ2) is 4.29. The highest BCUT2D eigenvalue weighted by Crippen LogP contribution is 2.47. The van der Waals surface area contributed by atoms with Gasteiger partial charge in [-0.2, -0.15) is 0 Å². The van der Waals surface area contributed by atoms with Crippen LogP contribution in [-0.4, -0.2) is 6.61 Å². The van der Waals surface area contributed by atoms with Crippen molar-refractivity contribution in [3.63, 3.8) is 0 Å². The molecule has 2 N–H and O–H groups in total. The lowest BCUT2D eigenvalue weighted by Crippen LogP contribution is -2.23. The van der Waals surface area contributed by atoms with Gasteiger partial charge in [0.05, 0.1) is 6.61 Å². The molecule has 2 aliphatic rings. The van der Waals surface area contributed by atoms with Crippen LogP contribution in [0.15, 0.2) is 22.7 Å². The van der Waals surface area contributed by atoms with E-state index in [1.807, 2.05) is 12.1 Å². The van der Waals surface area contributed by atoms with Crippen LogP contribution < -0.4 is 10.5 Å². The number of benzene rings is 1. The first-order chi connectivity index (χ1) is 8.17. The third-order valence-electron chi connectivity index (χ3n) is 3.97. The molecule has 0 spiro atoms. The van der Waals surface area contributed by atoms with Crippen LogP contribution in [0.2, 0.25) is 0 Å². The third-order valence-corrected chi connectivity index (χ3v) is 4.46. The van der Waals surface area contributed by atoms with E-state index in [4.69, 9.17) is 10.5 Å². The molecule has 0 radical (unpaired) electrons. The topological polar surface area (TPSA) is 35.2 Å². The fraction of sp³-hybridized carbons (Fsp3) is 0.571. The van der Waals surface area contributed by atoms with Gasteiger partial charge in [0.1, 0.15) is 5.75 Å². The lowest BCUT2D eigenvalue weighted by atomic mass is 9.86. The van der Waals surface area contributed by atoms with Gasteiger partial charge in [-0.15, -0.1) is 0 Å². The predicted octanol–water partition coefficient (Wildman–Crippen LogP) is 3.58. The summed E-state index contributed by atoms with van der Waals surface area (Å²) in [5, 5.41) is 0. The summed E-state index contributed by atoms with van der Waals surface area (Å²) < 4.78 is 7.05. The summed E-state index contributed by atoms with van der Waals surface area (Å²) in [5.41, 5.74) is 7.34. The molecule has 0 atom stereocenters. The van der Waals surface area contributed by atoms with E-state index in [2.05, 4.69) is 22.0 Å². The van der Waals surface area contributed by atoms with Crippen LogP contribution in [0.3, 0.4) is 0 Å². The first-order valence-electron chi connectivity index (χ1n) is 6.39. The first-order valence-corrected chi connectivity index (χ1v) is 7.18. The maximum absolute atomic E-state index is 6.29. The standard InChI is InChI=1S/C14H18BrNO/c15-11-4-5-13(17-9-10-2-1-3-10)12(8-11)14(16)6-7-14/h4-5,8,10H,1-3,6-7,9,16H2. The summed E-state index contributed by atoms with van der Waals surface area (Å²) in [5.74, 6) is 1.75. The maximum atomic E-state index is 6.29. The highest BCUT2D eigenvalue weighted by Gasteiger charge is 2.42. The second-order valence-corrected chi connectivity index (χ2v) is 6.32. The van der Waals surface area contributed by atoms with Gasteiger partial charge in [-0.25, -0.2) is 0 Å². The van der Waals surface area contributed by atoms with E-state index in [1.165, 1.54) is 24.8 Å². The van der Waals surface area contributed by atoms with Gasteiger partial charge < -0.3 is 10.5 Å². The van der Waals surface area contributed by atoms with Crippen LogP contribution in [0.4, 0.5) is 0 Å². The Morgan fingerprint density at radius 2 is 2.12 bits per heavy atom. The largest absolute Gasteiger partial charge is 0.493 e. The summed E-state index contributed by atoms with van der Waals surface area (Å²) in [6.07, 6.45) is 6.15. The Hall–Kier alpha value is -0.540. The zero-order valence-electron chi connectivity index (χ0n) is 9.92. The summed E-state index contributed by atoms with van der Waals surface area (Å²) in [4.78, 5) is 0. The average molecular weight is 296 g/mol. The minimum atomic E-state index is -0.126. The van der Waals surface area contributed by atoms with Crippen LogP contribution in [0.25, 0.3) is 0 Å². The number of ether oxygens (including phenoxy) is 1. The lowest BCUT2D eigenvalue weighted by Gasteiger charge is -2.26. The van der Waals surface area contributed by atoms with E-state index in [1.54, 1.807) is 0 Å². The average Bonchev–Trinajstić information content (AvgIpc) is 2.97. The normalized spacial score (nSPS) is 22.0. The van der Waals surface area contributed by atoms with E-state index >= 15 is 0 Å². The summed E-state index contributed by atoms with van der Waals surface area (Å²) >= 11 is 3.51. The molecule has 3 heteroatoms. The molecule has 3 rings (SSSR count). The number of hydrogen-bond acceptors (Lipinski definition) is 2. The fourth-order valence-corrected chi connectivity index (χ4v) is 2.65. The van der Waals surface area contributed by atoms with Gasteiger partial charge in [0.15, 0.2) is 0 Å². The van der Waals surface area contributed by atoms with Crippen molar-refractivity contribution in [3.05, 3.63) is 28.2 Å². The SMILES string of the molecule is NC1(c2cc(Br)ccc2OCC2CCC2)CC1. The van der Waals surface area contributed by atoms with Crippen LogP contribution in [0.5, 0.6) is 5.75 Å². The number of halogens is 1. The molecule has 0 heterocycles. The van der Waals surface area contributed by atoms with Crippen LogP contribution in [0, 0.1) is 5.92 Å². The van der Waals surface area contributed by atoms with Crippen LogP contribution in [-0.2, 0) is 5.54 Å². The third kappa shape index (κ3) is 2.36. The summed E-state index contributed by atoms with van der Waals surface area (Å²) in [6.45, 7) is 0.852. The highest BCUT2D eigenvalue weighted by molar-refractivity contribution is 9.10. The van der Waals surface area contributed by atoms with Crippen molar-refractivity contribution in [2.75, 3.05) is 6.61 Å². The molecule has 0 unspecified atom stereocenters. The molecule has 0 saturated heterocycles. The highest BCUT2D eigenvalue weighted by atomic mass is 79.9. The number of rotatable bonds is 4. The van der Waals surface area contributed by atoms with Gasteiger partial charge >= 0.3 is 0 Å². The molecule has 0 amide bonds. The summed E-state index contributed by atoms with van der Waals surface area (Å²) in [6, 6.07) is 6.19. The van der Waals surface area contributed by atoms with E-state index in [0.29, 0.717) is 0 Å². The quantitative estimate of drug-likeness (QED) is 0.921. The molecular weight excluding hydrogens is 278 g/mol. The van der Waals surface area contributed by atoms with Crippen molar-refractivity contribution in [2.45, 2.75) is 37.6 Å². The predicted molar refractivity (Wildman–Crippen MR) is 72.1 cm³/mol. The van der Waals surface area contributed by atoms with Crippen LogP contribution in [0.1, 0.15) is 37.7 Å². The Kier molecular flexibility index (Phi) is 2.91. The van der Waals surface area contributed by atoms with E-state index in [9.17, 15) is 0 Å². The van der Waals surface area contributed by atoms with E-state index < -0.39 is 0 Å². The Morgan fingerprint density at radius 1 is 1.35 bits per heavy atom. The molecule has 2 nitrogen and oxygen atoms in total. The van der Waals surface area contributed by atoms with Crippen molar-refractivity contribution < 1.29 is 4.74 Å². The summed E-state index contributed by atoms with van der Waals surface area (Å²) in [7, 11) is 0. The molecular formula is C14H18BrNO. The molecule has 17 heavy (non-hydrogen) atoms. The molecule has 0 aromatic heterocycles. The molecule has 2 fully saturated rings. The first kappa shape index (κ1) is 11.5. The van der Waals surface area contributed by atoms with Crippen molar-refractivity contribution in [1.82, 2.24) is 0 Å². The molecule has 92 valence electrons.